The molecule has 2 aromatic rings. The summed E-state index contributed by atoms with van der Waals surface area (Å²) in [6, 6.07) is 5.60. The number of benzene rings is 1. The summed E-state index contributed by atoms with van der Waals surface area (Å²) in [6.45, 7) is 0.605. The summed E-state index contributed by atoms with van der Waals surface area (Å²) in [6.07, 6.45) is 4.66. The third kappa shape index (κ3) is 3.00. The van der Waals surface area contributed by atoms with Gasteiger partial charge in [0.15, 0.2) is 0 Å². The first-order valence-corrected chi connectivity index (χ1v) is 6.10. The van der Waals surface area contributed by atoms with Crippen LogP contribution in [0.1, 0.15) is 5.56 Å². The molecule has 2 N–H and O–H groups in total. The number of hydrogen-bond donors (Lipinski definition) is 1. The fourth-order valence-corrected chi connectivity index (χ4v) is 1.90. The second-order valence-electron chi connectivity index (χ2n) is 3.78. The first kappa shape index (κ1) is 12.0. The van der Waals surface area contributed by atoms with Crippen LogP contribution in [0.4, 0.5) is 5.69 Å². The molecule has 0 aliphatic carbocycles. The molecule has 17 heavy (non-hydrogen) atoms. The molecule has 0 saturated carbocycles. The van der Waals surface area contributed by atoms with Crippen LogP contribution in [0, 0.1) is 0 Å². The van der Waals surface area contributed by atoms with E-state index >= 15 is 0 Å². The first-order valence-electron chi connectivity index (χ1n) is 5.31. The number of anilines is 1. The minimum absolute atomic E-state index is 0.605. The summed E-state index contributed by atoms with van der Waals surface area (Å²) >= 11 is 3.40. The lowest BCUT2D eigenvalue weighted by Gasteiger charge is -2.08. The van der Waals surface area contributed by atoms with Gasteiger partial charge < -0.3 is 10.5 Å². The highest BCUT2D eigenvalue weighted by Gasteiger charge is 2.04. The Balaban J connectivity index is 1.92. The van der Waals surface area contributed by atoms with Gasteiger partial charge in [0, 0.05) is 25.4 Å². The molecular weight excluding hydrogens is 282 g/mol. The lowest BCUT2D eigenvalue weighted by molar-refractivity contribution is 0.320. The van der Waals surface area contributed by atoms with Crippen LogP contribution in [0.15, 0.2) is 35.1 Å². The molecule has 0 radical (unpaired) electrons. The smallest absolute Gasteiger partial charge is 0.135 e. The van der Waals surface area contributed by atoms with Gasteiger partial charge in [-0.05, 0) is 33.6 Å². The van der Waals surface area contributed by atoms with E-state index in [0.29, 0.717) is 12.3 Å². The van der Waals surface area contributed by atoms with E-state index in [2.05, 4.69) is 21.0 Å². The van der Waals surface area contributed by atoms with Crippen LogP contribution in [-0.4, -0.2) is 16.4 Å². The Morgan fingerprint density at radius 3 is 3.00 bits per heavy atom. The van der Waals surface area contributed by atoms with Crippen molar-refractivity contribution in [2.24, 2.45) is 7.05 Å². The fraction of sp³-hybridized carbons (Fsp3) is 0.250. The standard InChI is InChI=1S/C12H14BrN3O/c1-16-8-9(7-15-16)5-6-17-11-4-2-3-10(14)12(11)13/h2-4,7-8H,5-6,14H2,1H3. The Hall–Kier alpha value is -1.49. The summed E-state index contributed by atoms with van der Waals surface area (Å²) in [5, 5.41) is 4.11. The lowest BCUT2D eigenvalue weighted by Crippen LogP contribution is -2.02. The van der Waals surface area contributed by atoms with Gasteiger partial charge in [-0.3, -0.25) is 4.68 Å². The van der Waals surface area contributed by atoms with Crippen molar-refractivity contribution >= 4 is 21.6 Å². The number of nitrogen functional groups attached to an aromatic ring is 1. The molecule has 5 heteroatoms. The Labute approximate surface area is 109 Å². The van der Waals surface area contributed by atoms with Gasteiger partial charge in [-0.15, -0.1) is 0 Å². The molecule has 1 heterocycles. The zero-order valence-electron chi connectivity index (χ0n) is 9.56. The van der Waals surface area contributed by atoms with Crippen LogP contribution >= 0.6 is 15.9 Å². The molecule has 0 spiro atoms. The van der Waals surface area contributed by atoms with Crippen molar-refractivity contribution in [3.05, 3.63) is 40.6 Å². The highest BCUT2D eigenvalue weighted by Crippen LogP contribution is 2.30. The predicted molar refractivity (Wildman–Crippen MR) is 71.0 cm³/mol. The molecule has 90 valence electrons. The summed E-state index contributed by atoms with van der Waals surface area (Å²) in [5.41, 5.74) is 7.61. The number of nitrogens with two attached hydrogens (primary N) is 1. The SMILES string of the molecule is Cn1cc(CCOc2cccc(N)c2Br)cn1. The third-order valence-electron chi connectivity index (χ3n) is 2.40. The molecule has 0 fully saturated rings. The first-order chi connectivity index (χ1) is 8.16. The van der Waals surface area contributed by atoms with Gasteiger partial charge in [0.25, 0.3) is 0 Å². The number of halogens is 1. The topological polar surface area (TPSA) is 53.1 Å². The van der Waals surface area contributed by atoms with Crippen molar-refractivity contribution in [2.45, 2.75) is 6.42 Å². The fourth-order valence-electron chi connectivity index (χ4n) is 1.52. The second kappa shape index (κ2) is 5.23. The van der Waals surface area contributed by atoms with E-state index in [-0.39, 0.29) is 0 Å². The quantitative estimate of drug-likeness (QED) is 0.881. The van der Waals surface area contributed by atoms with Crippen molar-refractivity contribution in [3.8, 4) is 5.75 Å². The van der Waals surface area contributed by atoms with Gasteiger partial charge in [0.05, 0.1) is 17.3 Å². The normalized spacial score (nSPS) is 10.5. The van der Waals surface area contributed by atoms with Crippen molar-refractivity contribution < 1.29 is 4.74 Å². The van der Waals surface area contributed by atoms with Crippen LogP contribution in [0.2, 0.25) is 0 Å². The van der Waals surface area contributed by atoms with Gasteiger partial charge in [-0.25, -0.2) is 0 Å². The zero-order valence-corrected chi connectivity index (χ0v) is 11.1. The minimum Gasteiger partial charge on any atom is -0.492 e. The van der Waals surface area contributed by atoms with Crippen LogP contribution in [-0.2, 0) is 13.5 Å². The number of ether oxygens (including phenoxy) is 1. The van der Waals surface area contributed by atoms with Gasteiger partial charge in [-0.2, -0.15) is 5.10 Å². The Kier molecular flexibility index (Phi) is 3.68. The van der Waals surface area contributed by atoms with E-state index in [4.69, 9.17) is 10.5 Å². The van der Waals surface area contributed by atoms with Crippen LogP contribution in [0.5, 0.6) is 5.75 Å². The van der Waals surface area contributed by atoms with Gasteiger partial charge in [0.1, 0.15) is 5.75 Å². The Bertz CT molecular complexity index is 510. The number of aryl methyl sites for hydroxylation is 1. The van der Waals surface area contributed by atoms with E-state index < -0.39 is 0 Å². The van der Waals surface area contributed by atoms with E-state index in [9.17, 15) is 0 Å². The number of aromatic nitrogens is 2. The van der Waals surface area contributed by atoms with Crippen molar-refractivity contribution in [1.82, 2.24) is 9.78 Å². The molecule has 0 bridgehead atoms. The van der Waals surface area contributed by atoms with Gasteiger partial charge >= 0.3 is 0 Å². The molecule has 0 aliphatic heterocycles. The molecule has 0 saturated heterocycles. The average molecular weight is 296 g/mol. The molecular formula is C12H14BrN3O. The Morgan fingerprint density at radius 1 is 1.47 bits per heavy atom. The summed E-state index contributed by atoms with van der Waals surface area (Å²) in [5.74, 6) is 0.772. The zero-order chi connectivity index (χ0) is 12.3. The molecule has 1 aromatic heterocycles. The number of hydrogen-bond acceptors (Lipinski definition) is 3. The molecule has 1 aromatic carbocycles. The van der Waals surface area contributed by atoms with Gasteiger partial charge in [0.2, 0.25) is 0 Å². The maximum Gasteiger partial charge on any atom is 0.135 e. The Morgan fingerprint density at radius 2 is 2.29 bits per heavy atom. The highest BCUT2D eigenvalue weighted by molar-refractivity contribution is 9.10. The monoisotopic (exact) mass is 295 g/mol. The maximum absolute atomic E-state index is 5.77. The van der Waals surface area contributed by atoms with E-state index in [0.717, 1.165) is 22.2 Å². The molecule has 0 unspecified atom stereocenters. The lowest BCUT2D eigenvalue weighted by atomic mass is 10.3. The maximum atomic E-state index is 5.77. The van der Waals surface area contributed by atoms with E-state index in [1.165, 1.54) is 0 Å². The van der Waals surface area contributed by atoms with Crippen molar-refractivity contribution in [3.63, 3.8) is 0 Å². The molecule has 4 nitrogen and oxygen atoms in total. The molecule has 0 amide bonds. The highest BCUT2D eigenvalue weighted by atomic mass is 79.9. The predicted octanol–water partition coefficient (Wildman–Crippen LogP) is 2.39. The molecule has 2 rings (SSSR count). The van der Waals surface area contributed by atoms with E-state index in [1.54, 1.807) is 4.68 Å². The minimum atomic E-state index is 0.605. The summed E-state index contributed by atoms with van der Waals surface area (Å²) in [7, 11) is 1.90. The largest absolute Gasteiger partial charge is 0.492 e. The molecule has 0 aliphatic rings. The second-order valence-corrected chi connectivity index (χ2v) is 4.57. The van der Waals surface area contributed by atoms with Gasteiger partial charge in [-0.1, -0.05) is 6.07 Å². The average Bonchev–Trinajstić information content (AvgIpc) is 2.70. The number of nitrogens with zero attached hydrogens (tertiary/aromatic N) is 2. The number of rotatable bonds is 4. The summed E-state index contributed by atoms with van der Waals surface area (Å²) < 4.78 is 8.26. The van der Waals surface area contributed by atoms with Crippen LogP contribution in [0.25, 0.3) is 0 Å². The van der Waals surface area contributed by atoms with Crippen LogP contribution < -0.4 is 10.5 Å². The third-order valence-corrected chi connectivity index (χ3v) is 3.25. The van der Waals surface area contributed by atoms with Crippen molar-refractivity contribution in [1.29, 1.82) is 0 Å². The van der Waals surface area contributed by atoms with Crippen molar-refractivity contribution in [2.75, 3.05) is 12.3 Å². The van der Waals surface area contributed by atoms with E-state index in [1.807, 2.05) is 37.6 Å². The summed E-state index contributed by atoms with van der Waals surface area (Å²) in [4.78, 5) is 0. The molecule has 0 atom stereocenters. The van der Waals surface area contributed by atoms with Crippen LogP contribution in [0.3, 0.4) is 0 Å².